The first-order valence-corrected chi connectivity index (χ1v) is 6.39. The highest BCUT2D eigenvalue weighted by molar-refractivity contribution is 5.39. The number of para-hydroxylation sites is 2. The van der Waals surface area contributed by atoms with Gasteiger partial charge in [0.05, 0.1) is 6.61 Å². The van der Waals surface area contributed by atoms with Gasteiger partial charge in [0, 0.05) is 6.54 Å². The van der Waals surface area contributed by atoms with Gasteiger partial charge in [-0.05, 0) is 38.1 Å². The Morgan fingerprint density at radius 2 is 1.89 bits per heavy atom. The van der Waals surface area contributed by atoms with E-state index in [9.17, 15) is 0 Å². The van der Waals surface area contributed by atoms with Crippen LogP contribution in [0.5, 0.6) is 11.5 Å². The molecule has 0 saturated carbocycles. The number of furan rings is 1. The summed E-state index contributed by atoms with van der Waals surface area (Å²) in [7, 11) is 0. The summed E-state index contributed by atoms with van der Waals surface area (Å²) in [6, 6.07) is 11.3. The second kappa shape index (κ2) is 6.29. The normalized spacial score (nSPS) is 12.2. The monoisotopic (exact) mass is 261 g/mol. The standard InChI is InChI=1S/C15H19NO3/c1-3-17-12-6-4-5-7-13(12)19-15(10-16)14-9-8-11(2)18-14/h4-9,15H,3,10,16H2,1-2H3. The highest BCUT2D eigenvalue weighted by Gasteiger charge is 2.17. The lowest BCUT2D eigenvalue weighted by atomic mass is 10.2. The van der Waals surface area contributed by atoms with E-state index >= 15 is 0 Å². The van der Waals surface area contributed by atoms with E-state index in [-0.39, 0.29) is 6.10 Å². The number of benzene rings is 1. The molecule has 19 heavy (non-hydrogen) atoms. The van der Waals surface area contributed by atoms with Gasteiger partial charge in [0.1, 0.15) is 11.5 Å². The molecule has 1 heterocycles. The summed E-state index contributed by atoms with van der Waals surface area (Å²) >= 11 is 0. The second-order valence-electron chi connectivity index (χ2n) is 4.17. The van der Waals surface area contributed by atoms with Crippen LogP contribution < -0.4 is 15.2 Å². The van der Waals surface area contributed by atoms with Crippen LogP contribution in [-0.4, -0.2) is 13.2 Å². The van der Waals surface area contributed by atoms with E-state index in [1.54, 1.807) is 0 Å². The van der Waals surface area contributed by atoms with Crippen molar-refractivity contribution in [2.75, 3.05) is 13.2 Å². The molecule has 0 fully saturated rings. The average molecular weight is 261 g/mol. The number of hydrogen-bond donors (Lipinski definition) is 1. The Balaban J connectivity index is 2.18. The molecule has 0 amide bonds. The first-order valence-electron chi connectivity index (χ1n) is 6.39. The van der Waals surface area contributed by atoms with E-state index in [0.29, 0.717) is 24.7 Å². The molecule has 4 nitrogen and oxygen atoms in total. The van der Waals surface area contributed by atoms with E-state index in [1.165, 1.54) is 0 Å². The van der Waals surface area contributed by atoms with Crippen molar-refractivity contribution in [3.8, 4) is 11.5 Å². The van der Waals surface area contributed by atoms with Crippen LogP contribution in [0.3, 0.4) is 0 Å². The third-order valence-corrected chi connectivity index (χ3v) is 2.71. The lowest BCUT2D eigenvalue weighted by Gasteiger charge is -2.17. The Morgan fingerprint density at radius 1 is 1.16 bits per heavy atom. The van der Waals surface area contributed by atoms with Crippen molar-refractivity contribution in [1.29, 1.82) is 0 Å². The van der Waals surface area contributed by atoms with Crippen molar-refractivity contribution in [3.63, 3.8) is 0 Å². The molecule has 1 unspecified atom stereocenters. The zero-order valence-corrected chi connectivity index (χ0v) is 11.3. The van der Waals surface area contributed by atoms with Crippen LogP contribution in [0.15, 0.2) is 40.8 Å². The molecule has 102 valence electrons. The van der Waals surface area contributed by atoms with Gasteiger partial charge < -0.3 is 19.6 Å². The van der Waals surface area contributed by atoms with Crippen LogP contribution >= 0.6 is 0 Å². The van der Waals surface area contributed by atoms with Crippen molar-refractivity contribution in [2.45, 2.75) is 20.0 Å². The maximum absolute atomic E-state index is 5.90. The van der Waals surface area contributed by atoms with E-state index in [2.05, 4.69) is 0 Å². The Bertz CT molecular complexity index is 522. The van der Waals surface area contributed by atoms with E-state index < -0.39 is 0 Å². The van der Waals surface area contributed by atoms with Gasteiger partial charge in [-0.2, -0.15) is 0 Å². The maximum atomic E-state index is 5.90. The Labute approximate surface area is 113 Å². The topological polar surface area (TPSA) is 57.6 Å². The predicted molar refractivity (Wildman–Crippen MR) is 73.5 cm³/mol. The van der Waals surface area contributed by atoms with E-state index in [1.807, 2.05) is 50.2 Å². The SMILES string of the molecule is CCOc1ccccc1OC(CN)c1ccc(C)o1. The lowest BCUT2D eigenvalue weighted by Crippen LogP contribution is -2.18. The first-order chi connectivity index (χ1) is 9.24. The van der Waals surface area contributed by atoms with Crippen molar-refractivity contribution in [1.82, 2.24) is 0 Å². The van der Waals surface area contributed by atoms with Crippen LogP contribution in [0, 0.1) is 6.92 Å². The van der Waals surface area contributed by atoms with Crippen LogP contribution in [0.25, 0.3) is 0 Å². The van der Waals surface area contributed by atoms with E-state index in [0.717, 1.165) is 11.5 Å². The van der Waals surface area contributed by atoms with Crippen LogP contribution in [0.1, 0.15) is 24.5 Å². The predicted octanol–water partition coefficient (Wildman–Crippen LogP) is 3.07. The molecule has 2 N–H and O–H groups in total. The summed E-state index contributed by atoms with van der Waals surface area (Å²) in [5, 5.41) is 0. The molecule has 0 aliphatic rings. The number of nitrogens with two attached hydrogens (primary N) is 1. The molecule has 1 aromatic carbocycles. The number of aryl methyl sites for hydroxylation is 1. The summed E-state index contributed by atoms with van der Waals surface area (Å²) in [5.41, 5.74) is 5.76. The molecule has 0 aliphatic carbocycles. The molecule has 0 radical (unpaired) electrons. The largest absolute Gasteiger partial charge is 0.490 e. The number of ether oxygens (including phenoxy) is 2. The number of rotatable bonds is 6. The fourth-order valence-corrected chi connectivity index (χ4v) is 1.82. The smallest absolute Gasteiger partial charge is 0.168 e. The minimum atomic E-state index is -0.310. The van der Waals surface area contributed by atoms with E-state index in [4.69, 9.17) is 19.6 Å². The number of hydrogen-bond acceptors (Lipinski definition) is 4. The molecule has 2 aromatic rings. The summed E-state index contributed by atoms with van der Waals surface area (Å²) in [5.74, 6) is 2.96. The molecule has 1 atom stereocenters. The molecule has 0 aliphatic heterocycles. The fraction of sp³-hybridized carbons (Fsp3) is 0.333. The minimum Gasteiger partial charge on any atom is -0.490 e. The van der Waals surface area contributed by atoms with Gasteiger partial charge in [0.25, 0.3) is 0 Å². The van der Waals surface area contributed by atoms with Gasteiger partial charge in [0.15, 0.2) is 17.6 Å². The molecule has 0 saturated heterocycles. The lowest BCUT2D eigenvalue weighted by molar-refractivity contribution is 0.173. The Kier molecular flexibility index (Phi) is 4.47. The Hall–Kier alpha value is -1.94. The van der Waals surface area contributed by atoms with Crippen LogP contribution in [0.2, 0.25) is 0 Å². The van der Waals surface area contributed by atoms with Gasteiger partial charge in [0.2, 0.25) is 0 Å². The van der Waals surface area contributed by atoms with Crippen molar-refractivity contribution >= 4 is 0 Å². The fourth-order valence-electron chi connectivity index (χ4n) is 1.82. The molecule has 0 spiro atoms. The summed E-state index contributed by atoms with van der Waals surface area (Å²) < 4.78 is 17.0. The molecule has 4 heteroatoms. The summed E-state index contributed by atoms with van der Waals surface area (Å²) in [4.78, 5) is 0. The van der Waals surface area contributed by atoms with Crippen molar-refractivity contribution in [3.05, 3.63) is 47.9 Å². The van der Waals surface area contributed by atoms with Crippen LogP contribution in [0.4, 0.5) is 0 Å². The molecule has 2 rings (SSSR count). The van der Waals surface area contributed by atoms with Gasteiger partial charge in [-0.3, -0.25) is 0 Å². The molecule has 0 bridgehead atoms. The summed E-state index contributed by atoms with van der Waals surface area (Å²) in [6.07, 6.45) is -0.310. The average Bonchev–Trinajstić information content (AvgIpc) is 2.84. The summed E-state index contributed by atoms with van der Waals surface area (Å²) in [6.45, 7) is 4.76. The molecular formula is C15H19NO3. The Morgan fingerprint density at radius 3 is 2.47 bits per heavy atom. The van der Waals surface area contributed by atoms with Gasteiger partial charge in [-0.1, -0.05) is 12.1 Å². The highest BCUT2D eigenvalue weighted by atomic mass is 16.5. The zero-order chi connectivity index (χ0) is 13.7. The maximum Gasteiger partial charge on any atom is 0.168 e. The quantitative estimate of drug-likeness (QED) is 0.868. The van der Waals surface area contributed by atoms with Crippen molar-refractivity contribution in [2.24, 2.45) is 5.73 Å². The zero-order valence-electron chi connectivity index (χ0n) is 11.3. The van der Waals surface area contributed by atoms with Crippen LogP contribution in [-0.2, 0) is 0 Å². The highest BCUT2D eigenvalue weighted by Crippen LogP contribution is 2.31. The van der Waals surface area contributed by atoms with Gasteiger partial charge >= 0.3 is 0 Å². The van der Waals surface area contributed by atoms with Gasteiger partial charge in [-0.15, -0.1) is 0 Å². The molecular weight excluding hydrogens is 242 g/mol. The molecule has 1 aromatic heterocycles. The first kappa shape index (κ1) is 13.5. The third-order valence-electron chi connectivity index (χ3n) is 2.71. The van der Waals surface area contributed by atoms with Crippen molar-refractivity contribution < 1.29 is 13.9 Å². The second-order valence-corrected chi connectivity index (χ2v) is 4.17. The minimum absolute atomic E-state index is 0.310. The third kappa shape index (κ3) is 3.29. The van der Waals surface area contributed by atoms with Gasteiger partial charge in [-0.25, -0.2) is 0 Å².